The number of aromatic carboxylic acids is 1. The van der Waals surface area contributed by atoms with E-state index in [0.29, 0.717) is 12.8 Å². The van der Waals surface area contributed by atoms with Crippen LogP contribution in [0.5, 0.6) is 0 Å². The first kappa shape index (κ1) is 12.8. The summed E-state index contributed by atoms with van der Waals surface area (Å²) in [6.07, 6.45) is 4.62. The van der Waals surface area contributed by atoms with Gasteiger partial charge in [-0.25, -0.2) is 9.69 Å². The molecule has 7 nitrogen and oxygen atoms in total. The van der Waals surface area contributed by atoms with Gasteiger partial charge in [0.05, 0.1) is 11.6 Å². The molecule has 0 radical (unpaired) electrons. The van der Waals surface area contributed by atoms with E-state index in [1.54, 1.807) is 0 Å². The summed E-state index contributed by atoms with van der Waals surface area (Å²) in [4.78, 5) is 37.1. The molecule has 20 heavy (non-hydrogen) atoms. The van der Waals surface area contributed by atoms with E-state index in [9.17, 15) is 14.4 Å². The maximum Gasteiger partial charge on any atom is 0.341 e. The highest BCUT2D eigenvalue weighted by Gasteiger charge is 2.54. The molecule has 1 aromatic rings. The molecule has 2 aliphatic rings. The lowest BCUT2D eigenvalue weighted by Gasteiger charge is -2.21. The highest BCUT2D eigenvalue weighted by atomic mass is 16.4. The number of nitrogens with zero attached hydrogens (tertiary/aromatic N) is 3. The number of hydrogen-bond donors (Lipinski definition) is 1. The van der Waals surface area contributed by atoms with Crippen LogP contribution < -0.4 is 4.90 Å². The lowest BCUT2D eigenvalue weighted by atomic mass is 9.84. The Morgan fingerprint density at radius 3 is 2.60 bits per heavy atom. The van der Waals surface area contributed by atoms with Crippen LogP contribution in [-0.4, -0.2) is 32.7 Å². The Hall–Kier alpha value is -2.18. The molecule has 1 spiro atoms. The number of aryl methyl sites for hydroxylation is 1. The summed E-state index contributed by atoms with van der Waals surface area (Å²) in [6.45, 7) is 0. The van der Waals surface area contributed by atoms with Crippen molar-refractivity contribution in [3.63, 3.8) is 0 Å². The number of carbonyl (C=O) groups excluding carboxylic acids is 2. The average Bonchev–Trinajstić information content (AvgIpc) is 3.03. The van der Waals surface area contributed by atoms with Gasteiger partial charge in [0.25, 0.3) is 0 Å². The van der Waals surface area contributed by atoms with E-state index in [4.69, 9.17) is 5.11 Å². The van der Waals surface area contributed by atoms with Gasteiger partial charge in [-0.05, 0) is 12.8 Å². The van der Waals surface area contributed by atoms with Crippen LogP contribution in [-0.2, 0) is 16.6 Å². The van der Waals surface area contributed by atoms with E-state index in [0.717, 1.165) is 23.9 Å². The molecule has 7 heteroatoms. The highest BCUT2D eigenvalue weighted by Crippen LogP contribution is 2.48. The van der Waals surface area contributed by atoms with Gasteiger partial charge in [-0.15, -0.1) is 0 Å². The Bertz CT molecular complexity index is 613. The molecule has 0 unspecified atom stereocenters. The third-order valence-electron chi connectivity index (χ3n) is 4.31. The fraction of sp³-hybridized carbons (Fsp3) is 0.538. The van der Waals surface area contributed by atoms with E-state index < -0.39 is 11.4 Å². The summed E-state index contributed by atoms with van der Waals surface area (Å²) >= 11 is 0. The molecule has 3 rings (SSSR count). The van der Waals surface area contributed by atoms with Crippen LogP contribution in [0.2, 0.25) is 0 Å². The lowest BCUT2D eigenvalue weighted by Crippen LogP contribution is -2.36. The van der Waals surface area contributed by atoms with Gasteiger partial charge in [-0.3, -0.25) is 14.3 Å². The molecular formula is C13H15N3O4. The largest absolute Gasteiger partial charge is 0.477 e. The first-order chi connectivity index (χ1) is 9.46. The third kappa shape index (κ3) is 1.59. The quantitative estimate of drug-likeness (QED) is 0.812. The van der Waals surface area contributed by atoms with Gasteiger partial charge in [0.2, 0.25) is 11.8 Å². The minimum Gasteiger partial charge on any atom is -0.477 e. The molecule has 106 valence electrons. The zero-order valence-electron chi connectivity index (χ0n) is 11.1. The molecule has 2 fully saturated rings. The first-order valence-electron chi connectivity index (χ1n) is 6.59. The molecule has 0 aromatic carbocycles. The Morgan fingerprint density at radius 2 is 2.00 bits per heavy atom. The average molecular weight is 277 g/mol. The summed E-state index contributed by atoms with van der Waals surface area (Å²) in [5, 5.41) is 13.0. The predicted molar refractivity (Wildman–Crippen MR) is 68.2 cm³/mol. The van der Waals surface area contributed by atoms with Crippen LogP contribution in [0.4, 0.5) is 5.82 Å². The highest BCUT2D eigenvalue weighted by molar-refractivity contribution is 6.23. The second-order valence-corrected chi connectivity index (χ2v) is 5.51. The van der Waals surface area contributed by atoms with Gasteiger partial charge in [-0.1, -0.05) is 12.8 Å². The zero-order valence-corrected chi connectivity index (χ0v) is 11.1. The number of anilines is 1. The van der Waals surface area contributed by atoms with Crippen LogP contribution in [0.1, 0.15) is 42.5 Å². The van der Waals surface area contributed by atoms with Crippen molar-refractivity contribution in [1.29, 1.82) is 0 Å². The molecule has 1 saturated carbocycles. The molecule has 2 heterocycles. The molecular weight excluding hydrogens is 262 g/mol. The van der Waals surface area contributed by atoms with Crippen LogP contribution >= 0.6 is 0 Å². The van der Waals surface area contributed by atoms with E-state index in [-0.39, 0.29) is 29.6 Å². The SMILES string of the molecule is Cn1ncc(C(=O)O)c1N1C(=O)CC2(CCCC2)C1=O. The van der Waals surface area contributed by atoms with Gasteiger partial charge in [0, 0.05) is 13.5 Å². The standard InChI is InChI=1S/C13H15N3O4/c1-15-10(8(7-14-15)11(18)19)16-9(17)6-13(12(16)20)4-2-3-5-13/h7H,2-6H2,1H3,(H,18,19). The number of hydrogen-bond acceptors (Lipinski definition) is 4. The van der Waals surface area contributed by atoms with Gasteiger partial charge < -0.3 is 5.11 Å². The molecule has 0 atom stereocenters. The minimum atomic E-state index is -1.19. The third-order valence-corrected chi connectivity index (χ3v) is 4.31. The van der Waals surface area contributed by atoms with E-state index in [1.807, 2.05) is 0 Å². The van der Waals surface area contributed by atoms with Gasteiger partial charge in [-0.2, -0.15) is 5.10 Å². The number of imide groups is 1. The summed E-state index contributed by atoms with van der Waals surface area (Å²) in [5.74, 6) is -1.73. The second-order valence-electron chi connectivity index (χ2n) is 5.51. The van der Waals surface area contributed by atoms with Gasteiger partial charge >= 0.3 is 5.97 Å². The molecule has 0 bridgehead atoms. The summed E-state index contributed by atoms with van der Waals surface area (Å²) in [6, 6.07) is 0. The Labute approximate surface area is 115 Å². The van der Waals surface area contributed by atoms with Crippen molar-refractivity contribution in [2.24, 2.45) is 12.5 Å². The zero-order chi connectivity index (χ0) is 14.5. The number of aromatic nitrogens is 2. The Morgan fingerprint density at radius 1 is 1.35 bits per heavy atom. The second kappa shape index (κ2) is 4.16. The molecule has 1 aliphatic heterocycles. The fourth-order valence-electron chi connectivity index (χ4n) is 3.30. The van der Waals surface area contributed by atoms with E-state index in [2.05, 4.69) is 5.10 Å². The molecule has 2 amide bonds. The molecule has 1 aromatic heterocycles. The smallest absolute Gasteiger partial charge is 0.341 e. The lowest BCUT2D eigenvalue weighted by molar-refractivity contribution is -0.125. The predicted octanol–water partition coefficient (Wildman–Crippen LogP) is 0.942. The van der Waals surface area contributed by atoms with Crippen molar-refractivity contribution in [3.8, 4) is 0 Å². The fourth-order valence-corrected chi connectivity index (χ4v) is 3.30. The van der Waals surface area contributed by atoms with Crippen LogP contribution in [0, 0.1) is 5.41 Å². The topological polar surface area (TPSA) is 92.5 Å². The maximum atomic E-state index is 12.6. The van der Waals surface area contributed by atoms with Crippen LogP contribution in [0.3, 0.4) is 0 Å². The van der Waals surface area contributed by atoms with Crippen LogP contribution in [0.15, 0.2) is 6.20 Å². The maximum absolute atomic E-state index is 12.6. The first-order valence-corrected chi connectivity index (χ1v) is 6.59. The Kier molecular flexibility index (Phi) is 2.67. The van der Waals surface area contributed by atoms with Crippen molar-refractivity contribution in [1.82, 2.24) is 9.78 Å². The number of carboxylic acid groups (broad SMARTS) is 1. The summed E-state index contributed by atoms with van der Waals surface area (Å²) in [7, 11) is 1.53. The van der Waals surface area contributed by atoms with Gasteiger partial charge in [0.15, 0.2) is 5.82 Å². The molecule has 1 N–H and O–H groups in total. The summed E-state index contributed by atoms with van der Waals surface area (Å²) in [5.41, 5.74) is -0.735. The van der Waals surface area contributed by atoms with Crippen molar-refractivity contribution < 1.29 is 19.5 Å². The van der Waals surface area contributed by atoms with Crippen molar-refractivity contribution in [2.45, 2.75) is 32.1 Å². The van der Waals surface area contributed by atoms with Crippen molar-refractivity contribution in [3.05, 3.63) is 11.8 Å². The minimum absolute atomic E-state index is 0.0660. The van der Waals surface area contributed by atoms with E-state index >= 15 is 0 Å². The number of rotatable bonds is 2. The van der Waals surface area contributed by atoms with Crippen molar-refractivity contribution >= 4 is 23.6 Å². The van der Waals surface area contributed by atoms with Gasteiger partial charge in [0.1, 0.15) is 5.56 Å². The number of carboxylic acids is 1. The van der Waals surface area contributed by atoms with E-state index in [1.165, 1.54) is 11.7 Å². The molecule has 1 saturated heterocycles. The van der Waals surface area contributed by atoms with Crippen LogP contribution in [0.25, 0.3) is 0 Å². The van der Waals surface area contributed by atoms with Crippen molar-refractivity contribution in [2.75, 3.05) is 4.90 Å². The Balaban J connectivity index is 2.07. The summed E-state index contributed by atoms with van der Waals surface area (Å²) < 4.78 is 1.27. The normalized spacial score (nSPS) is 21.1. The molecule has 1 aliphatic carbocycles. The monoisotopic (exact) mass is 277 g/mol. The number of carbonyl (C=O) groups is 3. The number of amides is 2.